The van der Waals surface area contributed by atoms with Crippen LogP contribution in [0.1, 0.15) is 60.3 Å². The fraction of sp³-hybridized carbons (Fsp3) is 0.824. The van der Waals surface area contributed by atoms with E-state index in [0.29, 0.717) is 17.9 Å². The van der Waals surface area contributed by atoms with E-state index in [1.165, 1.54) is 6.92 Å². The summed E-state index contributed by atoms with van der Waals surface area (Å²) in [6.45, 7) is 9.78. The third-order valence-electron chi connectivity index (χ3n) is 4.38. The van der Waals surface area contributed by atoms with Gasteiger partial charge in [-0.3, -0.25) is 4.79 Å². The van der Waals surface area contributed by atoms with E-state index in [9.17, 15) is 9.90 Å². The molecule has 128 valence electrons. The lowest BCUT2D eigenvalue weighted by Gasteiger charge is -2.48. The highest BCUT2D eigenvalue weighted by Crippen LogP contribution is 2.41. The number of rotatable bonds is 6. The average Bonchev–Trinajstić information content (AvgIpc) is 2.39. The van der Waals surface area contributed by atoms with Crippen LogP contribution in [0.4, 0.5) is 0 Å². The van der Waals surface area contributed by atoms with Crippen molar-refractivity contribution in [2.24, 2.45) is 0 Å². The van der Waals surface area contributed by atoms with Crippen molar-refractivity contribution < 1.29 is 19.4 Å². The van der Waals surface area contributed by atoms with Gasteiger partial charge in [-0.2, -0.15) is 0 Å². The van der Waals surface area contributed by atoms with Crippen LogP contribution in [0.15, 0.2) is 11.6 Å². The minimum Gasteiger partial charge on any atom is -0.462 e. The van der Waals surface area contributed by atoms with E-state index in [-0.39, 0.29) is 11.6 Å². The normalized spacial score (nSPS) is 30.0. The van der Waals surface area contributed by atoms with Crippen molar-refractivity contribution in [2.45, 2.75) is 82.4 Å². The third kappa shape index (κ3) is 5.67. The van der Waals surface area contributed by atoms with Crippen LogP contribution < -0.4 is 0 Å². The van der Waals surface area contributed by atoms with Crippen molar-refractivity contribution in [3.05, 3.63) is 11.6 Å². The van der Waals surface area contributed by atoms with Gasteiger partial charge in [0, 0.05) is 11.8 Å². The van der Waals surface area contributed by atoms with Gasteiger partial charge < -0.3 is 14.6 Å². The van der Waals surface area contributed by atoms with Crippen molar-refractivity contribution in [3.63, 3.8) is 0 Å². The van der Waals surface area contributed by atoms with Crippen LogP contribution in [0.3, 0.4) is 0 Å². The maximum Gasteiger partial charge on any atom is 0.302 e. The molecule has 0 radical (unpaired) electrons. The molecule has 0 aromatic carbocycles. The summed E-state index contributed by atoms with van der Waals surface area (Å²) in [5.74, 6) is -0.279. The fourth-order valence-corrected chi connectivity index (χ4v) is 3.11. The number of allylic oxidation sites excluding steroid dienone is 1. The Morgan fingerprint density at radius 3 is 2.64 bits per heavy atom. The number of alkyl halides is 1. The minimum atomic E-state index is -0.510. The molecule has 0 aromatic rings. The topological polar surface area (TPSA) is 55.8 Å². The zero-order valence-corrected chi connectivity index (χ0v) is 15.9. The van der Waals surface area contributed by atoms with Crippen LogP contribution in [-0.4, -0.2) is 39.8 Å². The molecule has 1 aliphatic rings. The standard InChI is InChI=1S/C17H29BrO4/c1-12(9-11-21-13(2)19)6-7-15(20)17(5)10-8-14(18)16(3,4)22-17/h9,14-15,20H,6-8,10-11H2,1-5H3/b12-9+/t14-,15-,17+/m1/s1. The maximum atomic E-state index is 10.7. The van der Waals surface area contributed by atoms with Gasteiger partial charge in [-0.15, -0.1) is 0 Å². The van der Waals surface area contributed by atoms with E-state index in [1.54, 1.807) is 0 Å². The summed E-state index contributed by atoms with van der Waals surface area (Å²) in [6, 6.07) is 0. The van der Waals surface area contributed by atoms with E-state index in [1.807, 2.05) is 19.9 Å². The first kappa shape index (κ1) is 19.7. The lowest BCUT2D eigenvalue weighted by Crippen LogP contribution is -2.55. The molecule has 1 saturated heterocycles. The fourth-order valence-electron chi connectivity index (χ4n) is 2.78. The maximum absolute atomic E-state index is 10.7. The molecule has 3 atom stereocenters. The number of hydrogen-bond acceptors (Lipinski definition) is 4. The van der Waals surface area contributed by atoms with Crippen LogP contribution in [-0.2, 0) is 14.3 Å². The number of ether oxygens (including phenoxy) is 2. The number of carbonyl (C=O) groups is 1. The van der Waals surface area contributed by atoms with Crippen molar-refractivity contribution in [3.8, 4) is 0 Å². The van der Waals surface area contributed by atoms with Gasteiger partial charge in [-0.05, 0) is 59.5 Å². The molecule has 0 aliphatic carbocycles. The highest BCUT2D eigenvalue weighted by atomic mass is 79.9. The molecule has 1 fully saturated rings. The highest BCUT2D eigenvalue weighted by Gasteiger charge is 2.46. The van der Waals surface area contributed by atoms with Gasteiger partial charge in [0.05, 0.1) is 17.3 Å². The lowest BCUT2D eigenvalue weighted by molar-refractivity contribution is -0.205. The number of halogens is 1. The predicted molar refractivity (Wildman–Crippen MR) is 91.1 cm³/mol. The van der Waals surface area contributed by atoms with Crippen molar-refractivity contribution in [2.75, 3.05) is 6.61 Å². The van der Waals surface area contributed by atoms with Gasteiger partial charge in [0.15, 0.2) is 0 Å². The largest absolute Gasteiger partial charge is 0.462 e. The highest BCUT2D eigenvalue weighted by molar-refractivity contribution is 9.09. The average molecular weight is 377 g/mol. The Labute approximate surface area is 142 Å². The Bertz CT molecular complexity index is 419. The number of aliphatic hydroxyl groups is 1. The second kappa shape index (κ2) is 7.93. The third-order valence-corrected chi connectivity index (χ3v) is 5.94. The van der Waals surface area contributed by atoms with Crippen LogP contribution in [0.2, 0.25) is 0 Å². The van der Waals surface area contributed by atoms with E-state index >= 15 is 0 Å². The van der Waals surface area contributed by atoms with Crippen LogP contribution >= 0.6 is 15.9 Å². The molecule has 1 rings (SSSR count). The number of carbonyl (C=O) groups excluding carboxylic acids is 1. The van der Waals surface area contributed by atoms with Crippen molar-refractivity contribution in [1.29, 1.82) is 0 Å². The summed E-state index contributed by atoms with van der Waals surface area (Å²) in [7, 11) is 0. The first-order valence-electron chi connectivity index (χ1n) is 7.88. The molecular weight excluding hydrogens is 348 g/mol. The van der Waals surface area contributed by atoms with Gasteiger partial charge in [0.1, 0.15) is 6.61 Å². The predicted octanol–water partition coefficient (Wildman–Crippen LogP) is 3.75. The second-order valence-electron chi connectivity index (χ2n) is 6.93. The minimum absolute atomic E-state index is 0.279. The SMILES string of the molecule is CC(=O)OC/C=C(\C)CC[C@@H](O)[C@]1(C)CC[C@@H](Br)C(C)(C)O1. The molecular formula is C17H29BrO4. The number of aliphatic hydroxyl groups excluding tert-OH is 1. The Hall–Kier alpha value is -0.390. The number of hydrogen-bond donors (Lipinski definition) is 1. The van der Waals surface area contributed by atoms with Crippen LogP contribution in [0.25, 0.3) is 0 Å². The Balaban J connectivity index is 2.50. The van der Waals surface area contributed by atoms with Gasteiger partial charge >= 0.3 is 5.97 Å². The molecule has 0 aromatic heterocycles. The van der Waals surface area contributed by atoms with E-state index in [4.69, 9.17) is 9.47 Å². The molecule has 0 bridgehead atoms. The van der Waals surface area contributed by atoms with Gasteiger partial charge in [-0.25, -0.2) is 0 Å². The summed E-state index contributed by atoms with van der Waals surface area (Å²) in [6.07, 6.45) is 4.60. The number of esters is 1. The zero-order valence-electron chi connectivity index (χ0n) is 14.3. The summed E-state index contributed by atoms with van der Waals surface area (Å²) in [5, 5.41) is 10.6. The molecule has 0 spiro atoms. The van der Waals surface area contributed by atoms with E-state index in [0.717, 1.165) is 24.8 Å². The van der Waals surface area contributed by atoms with Gasteiger partial charge in [0.2, 0.25) is 0 Å². The molecule has 0 unspecified atom stereocenters. The van der Waals surface area contributed by atoms with Gasteiger partial charge in [-0.1, -0.05) is 21.5 Å². The van der Waals surface area contributed by atoms with Crippen molar-refractivity contribution in [1.82, 2.24) is 0 Å². The van der Waals surface area contributed by atoms with Crippen molar-refractivity contribution >= 4 is 21.9 Å². The first-order chi connectivity index (χ1) is 10.1. The lowest BCUT2D eigenvalue weighted by atomic mass is 9.82. The van der Waals surface area contributed by atoms with E-state index in [2.05, 4.69) is 29.8 Å². The summed E-state index contributed by atoms with van der Waals surface area (Å²) < 4.78 is 11.1. The monoisotopic (exact) mass is 376 g/mol. The summed E-state index contributed by atoms with van der Waals surface area (Å²) in [5.41, 5.74) is 0.315. The molecule has 1 aliphatic heterocycles. The van der Waals surface area contributed by atoms with Crippen LogP contribution in [0, 0.1) is 0 Å². The Morgan fingerprint density at radius 2 is 2.09 bits per heavy atom. The van der Waals surface area contributed by atoms with Crippen LogP contribution in [0.5, 0.6) is 0 Å². The molecule has 0 saturated carbocycles. The zero-order chi connectivity index (χ0) is 17.0. The molecule has 0 amide bonds. The quantitative estimate of drug-likeness (QED) is 0.435. The Kier molecular flexibility index (Phi) is 7.09. The smallest absolute Gasteiger partial charge is 0.302 e. The Morgan fingerprint density at radius 1 is 1.45 bits per heavy atom. The summed E-state index contributed by atoms with van der Waals surface area (Å²) in [4.78, 5) is 11.0. The molecule has 1 heterocycles. The summed E-state index contributed by atoms with van der Waals surface area (Å²) >= 11 is 3.66. The molecule has 4 nitrogen and oxygen atoms in total. The molecule has 1 N–H and O–H groups in total. The van der Waals surface area contributed by atoms with E-state index < -0.39 is 11.7 Å². The molecule has 22 heavy (non-hydrogen) atoms. The second-order valence-corrected chi connectivity index (χ2v) is 8.04. The first-order valence-corrected chi connectivity index (χ1v) is 8.80. The van der Waals surface area contributed by atoms with Gasteiger partial charge in [0.25, 0.3) is 0 Å². The molecule has 5 heteroatoms.